The van der Waals surface area contributed by atoms with Gasteiger partial charge in [0.15, 0.2) is 0 Å². The number of likely N-dealkylation sites (tertiary alicyclic amines) is 1. The number of nitrogens with zero attached hydrogens (tertiary/aromatic N) is 1. The van der Waals surface area contributed by atoms with E-state index >= 15 is 0 Å². The molecule has 1 amide bonds. The van der Waals surface area contributed by atoms with E-state index in [0.29, 0.717) is 0 Å². The average Bonchev–Trinajstić information content (AvgIpc) is 3.16. The monoisotopic (exact) mass is 364 g/mol. The second kappa shape index (κ2) is 7.36. The number of amides is 1. The maximum Gasteiger partial charge on any atom is 0.243 e. The fourth-order valence-corrected chi connectivity index (χ4v) is 4.12. The second-order valence-corrected chi connectivity index (χ2v) is 6.76. The third-order valence-corrected chi connectivity index (χ3v) is 5.49. The van der Waals surface area contributed by atoms with Gasteiger partial charge in [-0.15, -0.1) is 12.4 Å². The minimum atomic E-state index is -0.240. The summed E-state index contributed by atoms with van der Waals surface area (Å²) in [4.78, 5) is 14.5. The fraction of sp³-hybridized carbons (Fsp3) is 0.526. The molecule has 136 valence electrons. The molecular weight excluding hydrogens is 340 g/mol. The molecule has 6 heteroatoms. The lowest BCUT2D eigenvalue weighted by Gasteiger charge is -2.45. The normalized spacial score (nSPS) is 23.9. The van der Waals surface area contributed by atoms with Gasteiger partial charge >= 0.3 is 0 Å². The van der Waals surface area contributed by atoms with Crippen LogP contribution in [0.4, 0.5) is 0 Å². The molecular formula is C19H25ClN2O3. The van der Waals surface area contributed by atoms with E-state index in [9.17, 15) is 4.79 Å². The topological polar surface area (TPSA) is 50.8 Å². The number of halogens is 1. The molecule has 0 aromatic heterocycles. The Bertz CT molecular complexity index is 669. The Labute approximate surface area is 154 Å². The van der Waals surface area contributed by atoms with E-state index in [1.54, 1.807) is 7.11 Å². The summed E-state index contributed by atoms with van der Waals surface area (Å²) < 4.78 is 11.6. The van der Waals surface area contributed by atoms with Crippen LogP contribution in [-0.4, -0.2) is 50.2 Å². The van der Waals surface area contributed by atoms with Crippen molar-refractivity contribution in [3.8, 4) is 5.75 Å². The predicted octanol–water partition coefficient (Wildman–Crippen LogP) is 2.04. The number of nitrogens with one attached hydrogen (secondary N) is 1. The summed E-state index contributed by atoms with van der Waals surface area (Å²) in [6, 6.07) is 6.14. The van der Waals surface area contributed by atoms with E-state index in [2.05, 4.69) is 17.4 Å². The first-order chi connectivity index (χ1) is 11.7. The molecule has 1 fully saturated rings. The molecule has 1 aromatic carbocycles. The number of hydrogen-bond acceptors (Lipinski definition) is 4. The van der Waals surface area contributed by atoms with Gasteiger partial charge in [-0.1, -0.05) is 18.2 Å². The SMILES string of the molecule is COc1ccc2c(c1)CCOC21CCN(C(=O)C2C=CCN2)CC1.Cl. The van der Waals surface area contributed by atoms with Gasteiger partial charge in [0.2, 0.25) is 5.91 Å². The molecule has 0 radical (unpaired) electrons. The summed E-state index contributed by atoms with van der Waals surface area (Å²) in [5.74, 6) is 1.09. The molecule has 1 N–H and O–H groups in total. The maximum absolute atomic E-state index is 12.6. The molecule has 1 aromatic rings. The average molecular weight is 365 g/mol. The Morgan fingerprint density at radius 3 is 2.84 bits per heavy atom. The van der Waals surface area contributed by atoms with Gasteiger partial charge in [-0.05, 0) is 42.5 Å². The maximum atomic E-state index is 12.6. The number of carbonyl (C=O) groups is 1. The molecule has 0 aliphatic carbocycles. The summed E-state index contributed by atoms with van der Waals surface area (Å²) in [7, 11) is 1.70. The zero-order valence-corrected chi connectivity index (χ0v) is 15.3. The van der Waals surface area contributed by atoms with Crippen LogP contribution in [0, 0.1) is 0 Å². The summed E-state index contributed by atoms with van der Waals surface area (Å²) in [6.07, 6.45) is 6.62. The van der Waals surface area contributed by atoms with Gasteiger partial charge in [0.1, 0.15) is 11.8 Å². The Hall–Kier alpha value is -1.56. The summed E-state index contributed by atoms with van der Waals surface area (Å²) in [6.45, 7) is 3.01. The number of piperidine rings is 1. The van der Waals surface area contributed by atoms with Gasteiger partial charge in [-0.3, -0.25) is 10.1 Å². The van der Waals surface area contributed by atoms with Crippen LogP contribution in [0.15, 0.2) is 30.4 Å². The molecule has 4 rings (SSSR count). The van der Waals surface area contributed by atoms with Crippen LogP contribution in [0.3, 0.4) is 0 Å². The lowest BCUT2D eigenvalue weighted by molar-refractivity contribution is -0.141. The molecule has 5 nitrogen and oxygen atoms in total. The molecule has 1 atom stereocenters. The van der Waals surface area contributed by atoms with Crippen molar-refractivity contribution in [3.63, 3.8) is 0 Å². The number of ether oxygens (including phenoxy) is 2. The fourth-order valence-electron chi connectivity index (χ4n) is 4.12. The molecule has 3 aliphatic rings. The largest absolute Gasteiger partial charge is 0.497 e. The molecule has 3 heterocycles. The predicted molar refractivity (Wildman–Crippen MR) is 98.3 cm³/mol. The first-order valence-corrected chi connectivity index (χ1v) is 8.72. The Balaban J connectivity index is 0.00000182. The van der Waals surface area contributed by atoms with Crippen LogP contribution in [0.25, 0.3) is 0 Å². The smallest absolute Gasteiger partial charge is 0.243 e. The van der Waals surface area contributed by atoms with E-state index in [-0.39, 0.29) is 30.0 Å². The highest BCUT2D eigenvalue weighted by Crippen LogP contribution is 2.42. The van der Waals surface area contributed by atoms with Crippen molar-refractivity contribution in [1.82, 2.24) is 10.2 Å². The third-order valence-electron chi connectivity index (χ3n) is 5.49. The van der Waals surface area contributed by atoms with Crippen molar-refractivity contribution in [1.29, 1.82) is 0 Å². The van der Waals surface area contributed by atoms with E-state index in [0.717, 1.165) is 51.3 Å². The Morgan fingerprint density at radius 2 is 2.16 bits per heavy atom. The van der Waals surface area contributed by atoms with Gasteiger partial charge in [0.25, 0.3) is 0 Å². The van der Waals surface area contributed by atoms with Crippen LogP contribution < -0.4 is 10.1 Å². The van der Waals surface area contributed by atoms with Crippen molar-refractivity contribution >= 4 is 18.3 Å². The van der Waals surface area contributed by atoms with E-state index in [4.69, 9.17) is 9.47 Å². The number of benzene rings is 1. The first-order valence-electron chi connectivity index (χ1n) is 8.72. The molecule has 25 heavy (non-hydrogen) atoms. The van der Waals surface area contributed by atoms with Crippen molar-refractivity contribution < 1.29 is 14.3 Å². The van der Waals surface area contributed by atoms with Crippen molar-refractivity contribution in [2.45, 2.75) is 30.9 Å². The van der Waals surface area contributed by atoms with Gasteiger partial charge in [-0.2, -0.15) is 0 Å². The van der Waals surface area contributed by atoms with E-state index < -0.39 is 0 Å². The summed E-state index contributed by atoms with van der Waals surface area (Å²) >= 11 is 0. The Morgan fingerprint density at radius 1 is 1.36 bits per heavy atom. The summed E-state index contributed by atoms with van der Waals surface area (Å²) in [5, 5.41) is 3.21. The molecule has 1 unspecified atom stereocenters. The number of methoxy groups -OCH3 is 1. The number of rotatable bonds is 2. The van der Waals surface area contributed by atoms with Gasteiger partial charge in [-0.25, -0.2) is 0 Å². The minimum Gasteiger partial charge on any atom is -0.497 e. The van der Waals surface area contributed by atoms with E-state index in [1.165, 1.54) is 11.1 Å². The second-order valence-electron chi connectivity index (χ2n) is 6.76. The molecule has 1 spiro atoms. The van der Waals surface area contributed by atoms with Crippen LogP contribution in [0.5, 0.6) is 5.75 Å². The highest BCUT2D eigenvalue weighted by Gasteiger charge is 2.42. The molecule has 1 saturated heterocycles. The quantitative estimate of drug-likeness (QED) is 0.816. The number of carbonyl (C=O) groups excluding carboxylic acids is 1. The van der Waals surface area contributed by atoms with E-state index in [1.807, 2.05) is 23.1 Å². The van der Waals surface area contributed by atoms with Crippen LogP contribution >= 0.6 is 12.4 Å². The minimum absolute atomic E-state index is 0. The number of hydrogen-bond donors (Lipinski definition) is 1. The van der Waals surface area contributed by atoms with Crippen LogP contribution in [0.2, 0.25) is 0 Å². The first kappa shape index (κ1) is 18.2. The molecule has 0 bridgehead atoms. The molecule has 3 aliphatic heterocycles. The van der Waals surface area contributed by atoms with Gasteiger partial charge in [0.05, 0.1) is 19.3 Å². The highest BCUT2D eigenvalue weighted by atomic mass is 35.5. The lowest BCUT2D eigenvalue weighted by Crippen LogP contribution is -2.52. The van der Waals surface area contributed by atoms with Gasteiger partial charge in [0, 0.05) is 19.6 Å². The standard InChI is InChI=1S/C19H24N2O3.ClH/c1-23-15-4-5-16-14(13-15)6-12-24-19(16)7-10-21(11-8-19)18(22)17-3-2-9-20-17;/h2-5,13,17,20H,6-12H2,1H3;1H. The third kappa shape index (κ3) is 3.28. The highest BCUT2D eigenvalue weighted by molar-refractivity contribution is 5.85. The van der Waals surface area contributed by atoms with Crippen LogP contribution in [0.1, 0.15) is 24.0 Å². The summed E-state index contributed by atoms with van der Waals surface area (Å²) in [5.41, 5.74) is 2.36. The van der Waals surface area contributed by atoms with Crippen molar-refractivity contribution in [2.24, 2.45) is 0 Å². The number of fused-ring (bicyclic) bond motifs is 2. The molecule has 0 saturated carbocycles. The lowest BCUT2D eigenvalue weighted by atomic mass is 9.79. The Kier molecular flexibility index (Phi) is 5.37. The zero-order chi connectivity index (χ0) is 16.6. The zero-order valence-electron chi connectivity index (χ0n) is 14.5. The van der Waals surface area contributed by atoms with Crippen LogP contribution in [-0.2, 0) is 21.6 Å². The van der Waals surface area contributed by atoms with Gasteiger partial charge < -0.3 is 14.4 Å². The van der Waals surface area contributed by atoms with Crippen molar-refractivity contribution in [3.05, 3.63) is 41.5 Å². The van der Waals surface area contributed by atoms with Crippen molar-refractivity contribution in [2.75, 3.05) is 33.4 Å².